The number of aromatic amines is 1. The van der Waals surface area contributed by atoms with E-state index < -0.39 is 0 Å². The lowest BCUT2D eigenvalue weighted by atomic mass is 10.1. The zero-order valence-electron chi connectivity index (χ0n) is 17.2. The number of carbonyl (C=O) groups excluding carboxylic acids is 1. The molecule has 0 atom stereocenters. The molecular weight excluding hydrogens is 396 g/mol. The second-order valence-corrected chi connectivity index (χ2v) is 7.79. The SMILES string of the molecule is Cc1ccc(-c2noc(CCCC(=O)N3CCc4nc5cc[nH]n5c(=O)c4C3)n2)cc1. The number of carbonyl (C=O) groups is 1. The highest BCUT2D eigenvalue weighted by molar-refractivity contribution is 5.76. The summed E-state index contributed by atoms with van der Waals surface area (Å²) in [5, 5.41) is 6.90. The molecule has 4 aromatic rings. The summed E-state index contributed by atoms with van der Waals surface area (Å²) in [5.74, 6) is 1.08. The van der Waals surface area contributed by atoms with Gasteiger partial charge in [0.25, 0.3) is 5.56 Å². The number of fused-ring (bicyclic) bond motifs is 2. The van der Waals surface area contributed by atoms with E-state index in [0.29, 0.717) is 61.7 Å². The Morgan fingerprint density at radius 2 is 2.03 bits per heavy atom. The maximum atomic E-state index is 12.7. The van der Waals surface area contributed by atoms with Crippen LogP contribution < -0.4 is 5.56 Å². The smallest absolute Gasteiger partial charge is 0.277 e. The Labute approximate surface area is 177 Å². The van der Waals surface area contributed by atoms with Crippen LogP contribution in [0.5, 0.6) is 0 Å². The second-order valence-electron chi connectivity index (χ2n) is 7.79. The van der Waals surface area contributed by atoms with E-state index in [1.807, 2.05) is 31.2 Å². The molecule has 5 rings (SSSR count). The van der Waals surface area contributed by atoms with Crippen LogP contribution >= 0.6 is 0 Å². The predicted molar refractivity (Wildman–Crippen MR) is 112 cm³/mol. The van der Waals surface area contributed by atoms with Crippen LogP contribution in [0.25, 0.3) is 17.0 Å². The van der Waals surface area contributed by atoms with E-state index in [0.717, 1.165) is 11.3 Å². The number of aryl methyl sites for hydroxylation is 2. The van der Waals surface area contributed by atoms with E-state index in [1.54, 1.807) is 17.2 Å². The molecule has 158 valence electrons. The van der Waals surface area contributed by atoms with Crippen molar-refractivity contribution in [3.63, 3.8) is 0 Å². The minimum Gasteiger partial charge on any atom is -0.339 e. The highest BCUT2D eigenvalue weighted by atomic mass is 16.5. The van der Waals surface area contributed by atoms with Gasteiger partial charge in [-0.25, -0.2) is 9.50 Å². The molecule has 1 aliphatic heterocycles. The van der Waals surface area contributed by atoms with Gasteiger partial charge in [0.15, 0.2) is 5.65 Å². The molecule has 1 N–H and O–H groups in total. The molecule has 0 aliphatic carbocycles. The third kappa shape index (κ3) is 3.74. The molecule has 9 heteroatoms. The first-order chi connectivity index (χ1) is 15.1. The van der Waals surface area contributed by atoms with Crippen LogP contribution in [0, 0.1) is 6.92 Å². The molecule has 0 fully saturated rings. The van der Waals surface area contributed by atoms with Crippen LogP contribution in [0.2, 0.25) is 0 Å². The Kier molecular flexibility index (Phi) is 4.85. The number of nitrogens with one attached hydrogen (secondary N) is 1. The molecule has 4 heterocycles. The highest BCUT2D eigenvalue weighted by Gasteiger charge is 2.25. The fraction of sp³-hybridized carbons (Fsp3) is 0.318. The summed E-state index contributed by atoms with van der Waals surface area (Å²) in [6.07, 6.45) is 3.76. The first kappa shape index (κ1) is 19.2. The largest absolute Gasteiger partial charge is 0.339 e. The van der Waals surface area contributed by atoms with Crippen molar-refractivity contribution in [2.75, 3.05) is 6.54 Å². The topological polar surface area (TPSA) is 109 Å². The number of nitrogens with zero attached hydrogens (tertiary/aromatic N) is 5. The fourth-order valence-corrected chi connectivity index (χ4v) is 3.86. The van der Waals surface area contributed by atoms with Gasteiger partial charge in [-0.1, -0.05) is 35.0 Å². The van der Waals surface area contributed by atoms with Gasteiger partial charge < -0.3 is 9.42 Å². The molecule has 31 heavy (non-hydrogen) atoms. The van der Waals surface area contributed by atoms with E-state index in [1.165, 1.54) is 10.1 Å². The van der Waals surface area contributed by atoms with Crippen LogP contribution in [0.3, 0.4) is 0 Å². The van der Waals surface area contributed by atoms with Crippen molar-refractivity contribution in [1.29, 1.82) is 0 Å². The van der Waals surface area contributed by atoms with Gasteiger partial charge in [0.1, 0.15) is 0 Å². The molecule has 0 saturated carbocycles. The van der Waals surface area contributed by atoms with Crippen LogP contribution in [0.15, 0.2) is 45.8 Å². The molecular formula is C22H22N6O3. The number of H-pyrrole nitrogens is 1. The highest BCUT2D eigenvalue weighted by Crippen LogP contribution is 2.19. The molecule has 1 aromatic carbocycles. The minimum absolute atomic E-state index is 0.0138. The second kappa shape index (κ2) is 7.82. The van der Waals surface area contributed by atoms with Crippen molar-refractivity contribution >= 4 is 11.6 Å². The van der Waals surface area contributed by atoms with Crippen LogP contribution in [0.4, 0.5) is 0 Å². The van der Waals surface area contributed by atoms with Gasteiger partial charge in [-0.15, -0.1) is 0 Å². The van der Waals surface area contributed by atoms with Crippen molar-refractivity contribution in [3.8, 4) is 11.4 Å². The van der Waals surface area contributed by atoms with Gasteiger partial charge in [-0.2, -0.15) is 4.98 Å². The molecule has 0 radical (unpaired) electrons. The predicted octanol–water partition coefficient (Wildman–Crippen LogP) is 2.29. The number of hydrogen-bond donors (Lipinski definition) is 1. The Balaban J connectivity index is 1.19. The number of benzene rings is 1. The summed E-state index contributed by atoms with van der Waals surface area (Å²) < 4.78 is 6.74. The fourth-order valence-electron chi connectivity index (χ4n) is 3.86. The average molecular weight is 418 g/mol. The monoisotopic (exact) mass is 418 g/mol. The van der Waals surface area contributed by atoms with Crippen LogP contribution in [0.1, 0.15) is 35.6 Å². The normalized spacial score (nSPS) is 13.5. The van der Waals surface area contributed by atoms with Crippen LogP contribution in [-0.4, -0.2) is 42.1 Å². The van der Waals surface area contributed by atoms with Gasteiger partial charge in [-0.3, -0.25) is 14.7 Å². The van der Waals surface area contributed by atoms with Gasteiger partial charge in [0.05, 0.1) is 17.8 Å². The van der Waals surface area contributed by atoms with E-state index in [-0.39, 0.29) is 11.5 Å². The first-order valence-electron chi connectivity index (χ1n) is 10.3. The Morgan fingerprint density at radius 1 is 1.19 bits per heavy atom. The minimum atomic E-state index is -0.142. The lowest BCUT2D eigenvalue weighted by Gasteiger charge is -2.27. The third-order valence-corrected chi connectivity index (χ3v) is 5.60. The zero-order chi connectivity index (χ0) is 21.4. The lowest BCUT2D eigenvalue weighted by Crippen LogP contribution is -2.40. The number of hydrogen-bond acceptors (Lipinski definition) is 6. The molecule has 0 unspecified atom stereocenters. The molecule has 0 bridgehead atoms. The van der Waals surface area contributed by atoms with Crippen molar-refractivity contribution in [2.45, 2.75) is 39.2 Å². The van der Waals surface area contributed by atoms with Gasteiger partial charge in [0, 0.05) is 43.6 Å². The van der Waals surface area contributed by atoms with Crippen molar-refractivity contribution in [2.24, 2.45) is 0 Å². The Hall–Kier alpha value is -3.75. The van der Waals surface area contributed by atoms with Crippen molar-refractivity contribution in [3.05, 3.63) is 69.6 Å². The summed E-state index contributed by atoms with van der Waals surface area (Å²) in [7, 11) is 0. The number of aromatic nitrogens is 5. The van der Waals surface area contributed by atoms with Crippen LogP contribution in [-0.2, 0) is 24.2 Å². The summed E-state index contributed by atoms with van der Waals surface area (Å²) in [4.78, 5) is 36.1. The summed E-state index contributed by atoms with van der Waals surface area (Å²) >= 11 is 0. The molecule has 1 amide bonds. The van der Waals surface area contributed by atoms with Crippen molar-refractivity contribution in [1.82, 2.24) is 29.6 Å². The molecule has 9 nitrogen and oxygen atoms in total. The number of rotatable bonds is 5. The third-order valence-electron chi connectivity index (χ3n) is 5.60. The standard InChI is InChI=1S/C22H22N6O3/c1-14-5-7-15(8-6-14)21-25-19(31-26-21)3-2-4-20(29)27-12-10-17-16(13-27)22(30)28-18(24-17)9-11-23-28/h5-9,11,23H,2-4,10,12-13H2,1H3. The van der Waals surface area contributed by atoms with Gasteiger partial charge in [0.2, 0.25) is 17.6 Å². The quantitative estimate of drug-likeness (QED) is 0.533. The van der Waals surface area contributed by atoms with Crippen molar-refractivity contribution < 1.29 is 9.32 Å². The maximum absolute atomic E-state index is 12.7. The maximum Gasteiger partial charge on any atom is 0.277 e. The zero-order valence-corrected chi connectivity index (χ0v) is 17.2. The summed E-state index contributed by atoms with van der Waals surface area (Å²) in [5.41, 5.74) is 3.90. The van der Waals surface area contributed by atoms with E-state index in [2.05, 4.69) is 20.2 Å². The summed E-state index contributed by atoms with van der Waals surface area (Å²) in [6, 6.07) is 9.69. The Bertz CT molecular complexity index is 1300. The van der Waals surface area contributed by atoms with E-state index in [9.17, 15) is 9.59 Å². The first-order valence-corrected chi connectivity index (χ1v) is 10.3. The van der Waals surface area contributed by atoms with Gasteiger partial charge >= 0.3 is 0 Å². The molecule has 0 spiro atoms. The lowest BCUT2D eigenvalue weighted by molar-refractivity contribution is -0.132. The number of amides is 1. The van der Waals surface area contributed by atoms with E-state index in [4.69, 9.17) is 4.52 Å². The van der Waals surface area contributed by atoms with Gasteiger partial charge in [-0.05, 0) is 13.3 Å². The summed E-state index contributed by atoms with van der Waals surface area (Å²) in [6.45, 7) is 2.88. The molecule has 3 aromatic heterocycles. The molecule has 0 saturated heterocycles. The molecule has 1 aliphatic rings. The average Bonchev–Trinajstić information content (AvgIpc) is 3.44. The Morgan fingerprint density at radius 3 is 2.87 bits per heavy atom. The van der Waals surface area contributed by atoms with E-state index >= 15 is 0 Å².